The average Bonchev–Trinajstić information content (AvgIpc) is 1.89. The van der Waals surface area contributed by atoms with Crippen LogP contribution < -0.4 is 0 Å². The van der Waals surface area contributed by atoms with Gasteiger partial charge < -0.3 is 0 Å². The van der Waals surface area contributed by atoms with Crippen LogP contribution in [0.3, 0.4) is 0 Å². The largest absolute Gasteiger partial charge is 0.287 e. The Kier molecular flexibility index (Phi) is 5.34. The van der Waals surface area contributed by atoms with E-state index in [1.54, 1.807) is 18.8 Å². The molecule has 0 saturated heterocycles. The fraction of sp³-hybridized carbons (Fsp3) is 0.667. The van der Waals surface area contributed by atoms with Crippen LogP contribution in [0.4, 0.5) is 0 Å². The molecule has 0 aromatic carbocycles. The van der Waals surface area contributed by atoms with Gasteiger partial charge in [0.25, 0.3) is 0 Å². The van der Waals surface area contributed by atoms with Crippen molar-refractivity contribution in [2.24, 2.45) is 4.99 Å². The van der Waals surface area contributed by atoms with E-state index in [9.17, 15) is 0 Å². The molecule has 0 bridgehead atoms. The first kappa shape index (κ1) is 8.51. The number of aliphatic imine (C=N–C) groups is 1. The van der Waals surface area contributed by atoms with Gasteiger partial charge in [-0.15, -0.1) is 11.8 Å². The minimum atomic E-state index is 0.609. The van der Waals surface area contributed by atoms with Crippen molar-refractivity contribution in [2.75, 3.05) is 12.8 Å². The van der Waals surface area contributed by atoms with Crippen molar-refractivity contribution in [1.82, 2.24) is 0 Å². The third-order valence-corrected chi connectivity index (χ3v) is 1.85. The molecule has 0 amide bonds. The average molecular weight is 142 g/mol. The third-order valence-electron chi connectivity index (χ3n) is 0.840. The van der Waals surface area contributed by atoms with Crippen LogP contribution in [-0.4, -0.2) is 17.8 Å². The Bertz CT molecular complexity index is 134. The summed E-state index contributed by atoms with van der Waals surface area (Å²) in [6, 6.07) is 2.07. The topological polar surface area (TPSA) is 36.1 Å². The molecule has 0 aliphatic heterocycles. The Morgan fingerprint density at radius 1 is 1.78 bits per heavy atom. The highest BCUT2D eigenvalue weighted by Crippen LogP contribution is 2.03. The summed E-state index contributed by atoms with van der Waals surface area (Å²) in [5.74, 6) is 0.861. The number of nitriles is 1. The van der Waals surface area contributed by atoms with E-state index in [0.717, 1.165) is 10.8 Å². The number of hydrogen-bond donors (Lipinski definition) is 0. The Hall–Kier alpha value is -0.490. The molecule has 0 fully saturated rings. The Balaban J connectivity index is 3.20. The zero-order valence-corrected chi connectivity index (χ0v) is 6.53. The van der Waals surface area contributed by atoms with E-state index in [1.807, 2.05) is 6.92 Å². The molecule has 2 nitrogen and oxygen atoms in total. The van der Waals surface area contributed by atoms with Gasteiger partial charge in [-0.2, -0.15) is 5.26 Å². The Labute approximate surface area is 60.0 Å². The summed E-state index contributed by atoms with van der Waals surface area (Å²) in [5.41, 5.74) is 0. The molecule has 0 N–H and O–H groups in total. The molecular formula is C6H10N2S. The second-order valence-electron chi connectivity index (χ2n) is 1.50. The van der Waals surface area contributed by atoms with Gasteiger partial charge in [-0.3, -0.25) is 4.99 Å². The molecule has 0 rings (SSSR count). The van der Waals surface area contributed by atoms with Gasteiger partial charge in [0.15, 0.2) is 0 Å². The second-order valence-corrected chi connectivity index (χ2v) is 2.79. The van der Waals surface area contributed by atoms with Crippen LogP contribution in [0.5, 0.6) is 0 Å². The highest BCUT2D eigenvalue weighted by Gasteiger charge is 1.88. The fourth-order valence-corrected chi connectivity index (χ4v) is 0.927. The fourth-order valence-electron chi connectivity index (χ4n) is 0.309. The molecule has 0 unspecified atom stereocenters. The van der Waals surface area contributed by atoms with Gasteiger partial charge in [0.05, 0.1) is 11.1 Å². The van der Waals surface area contributed by atoms with Gasteiger partial charge in [-0.1, -0.05) is 0 Å². The van der Waals surface area contributed by atoms with Crippen molar-refractivity contribution in [3.05, 3.63) is 0 Å². The van der Waals surface area contributed by atoms with E-state index in [2.05, 4.69) is 11.1 Å². The maximum Gasteiger partial charge on any atom is 0.0641 e. The lowest BCUT2D eigenvalue weighted by Crippen LogP contribution is -1.84. The van der Waals surface area contributed by atoms with Crippen molar-refractivity contribution in [3.8, 4) is 6.07 Å². The third kappa shape index (κ3) is 5.38. The summed E-state index contributed by atoms with van der Waals surface area (Å²) >= 11 is 1.63. The normalized spacial score (nSPS) is 11.0. The molecule has 0 aliphatic carbocycles. The summed E-state index contributed by atoms with van der Waals surface area (Å²) in [4.78, 5) is 3.93. The van der Waals surface area contributed by atoms with Crippen LogP contribution in [0, 0.1) is 11.3 Å². The minimum Gasteiger partial charge on any atom is -0.287 e. The van der Waals surface area contributed by atoms with E-state index in [0.29, 0.717) is 6.42 Å². The van der Waals surface area contributed by atoms with Crippen LogP contribution in [0.15, 0.2) is 4.99 Å². The van der Waals surface area contributed by atoms with Crippen LogP contribution in [-0.2, 0) is 0 Å². The zero-order chi connectivity index (χ0) is 7.11. The Morgan fingerprint density at radius 3 is 2.89 bits per heavy atom. The quantitative estimate of drug-likeness (QED) is 0.334. The van der Waals surface area contributed by atoms with Gasteiger partial charge in [-0.25, -0.2) is 0 Å². The molecule has 0 saturated carbocycles. The van der Waals surface area contributed by atoms with Gasteiger partial charge in [0.1, 0.15) is 0 Å². The van der Waals surface area contributed by atoms with Crippen molar-refractivity contribution in [3.63, 3.8) is 0 Å². The standard InChI is InChI=1S/C6H10N2S/c1-6(8-2)9-5-3-4-7/h3,5H2,1-2H3. The first-order chi connectivity index (χ1) is 4.31. The molecule has 0 aromatic heterocycles. The van der Waals surface area contributed by atoms with Crippen LogP contribution in [0.1, 0.15) is 13.3 Å². The van der Waals surface area contributed by atoms with E-state index < -0.39 is 0 Å². The molecule has 0 spiro atoms. The van der Waals surface area contributed by atoms with E-state index in [-0.39, 0.29) is 0 Å². The molecular weight excluding hydrogens is 132 g/mol. The summed E-state index contributed by atoms with van der Waals surface area (Å²) < 4.78 is 0. The van der Waals surface area contributed by atoms with Crippen molar-refractivity contribution < 1.29 is 0 Å². The molecule has 0 atom stereocenters. The van der Waals surface area contributed by atoms with Crippen molar-refractivity contribution >= 4 is 16.8 Å². The van der Waals surface area contributed by atoms with Gasteiger partial charge in [0.2, 0.25) is 0 Å². The zero-order valence-electron chi connectivity index (χ0n) is 5.72. The molecule has 0 radical (unpaired) electrons. The Morgan fingerprint density at radius 2 is 2.44 bits per heavy atom. The minimum absolute atomic E-state index is 0.609. The molecule has 3 heteroatoms. The lowest BCUT2D eigenvalue weighted by molar-refractivity contribution is 1.24. The summed E-state index contributed by atoms with van der Waals surface area (Å²) in [7, 11) is 1.76. The van der Waals surface area contributed by atoms with Gasteiger partial charge in [0, 0.05) is 19.2 Å². The number of hydrogen-bond acceptors (Lipinski definition) is 3. The molecule has 0 aromatic rings. The predicted molar refractivity (Wildman–Crippen MR) is 41.7 cm³/mol. The lowest BCUT2D eigenvalue weighted by atomic mass is 10.6. The molecule has 0 aliphatic rings. The first-order valence-electron chi connectivity index (χ1n) is 2.74. The summed E-state index contributed by atoms with van der Waals surface area (Å²) in [6.07, 6.45) is 0.609. The summed E-state index contributed by atoms with van der Waals surface area (Å²) in [6.45, 7) is 1.95. The summed E-state index contributed by atoms with van der Waals surface area (Å²) in [5, 5.41) is 9.20. The lowest BCUT2D eigenvalue weighted by Gasteiger charge is -1.92. The van der Waals surface area contributed by atoms with Crippen LogP contribution >= 0.6 is 11.8 Å². The monoisotopic (exact) mass is 142 g/mol. The van der Waals surface area contributed by atoms with Gasteiger partial charge >= 0.3 is 0 Å². The van der Waals surface area contributed by atoms with E-state index in [4.69, 9.17) is 5.26 Å². The molecule has 50 valence electrons. The van der Waals surface area contributed by atoms with Crippen LogP contribution in [0.2, 0.25) is 0 Å². The molecule has 9 heavy (non-hydrogen) atoms. The number of thioether (sulfide) groups is 1. The van der Waals surface area contributed by atoms with Crippen LogP contribution in [0.25, 0.3) is 0 Å². The second kappa shape index (κ2) is 5.64. The van der Waals surface area contributed by atoms with Gasteiger partial charge in [-0.05, 0) is 6.92 Å². The number of nitrogens with zero attached hydrogens (tertiary/aromatic N) is 2. The smallest absolute Gasteiger partial charge is 0.0641 e. The maximum atomic E-state index is 8.15. The van der Waals surface area contributed by atoms with E-state index >= 15 is 0 Å². The van der Waals surface area contributed by atoms with E-state index in [1.165, 1.54) is 0 Å². The SMILES string of the molecule is CN=C(C)SCCC#N. The predicted octanol–water partition coefficient (Wildman–Crippen LogP) is 1.68. The highest BCUT2D eigenvalue weighted by molar-refractivity contribution is 8.13. The van der Waals surface area contributed by atoms with Crippen molar-refractivity contribution in [2.45, 2.75) is 13.3 Å². The first-order valence-corrected chi connectivity index (χ1v) is 3.73. The highest BCUT2D eigenvalue weighted by atomic mass is 32.2. The number of rotatable bonds is 2. The maximum absolute atomic E-state index is 8.15. The molecule has 0 heterocycles. The van der Waals surface area contributed by atoms with Crippen molar-refractivity contribution in [1.29, 1.82) is 5.26 Å².